The smallest absolute Gasteiger partial charge is 0.229 e. The van der Waals surface area contributed by atoms with Gasteiger partial charge in [-0.3, -0.25) is 14.4 Å². The summed E-state index contributed by atoms with van der Waals surface area (Å²) in [6, 6.07) is 5.73. The molecule has 0 atom stereocenters. The molecule has 0 aromatic carbocycles. The molecule has 1 aromatic heterocycles. The fraction of sp³-hybridized carbons (Fsp3) is 0.400. The summed E-state index contributed by atoms with van der Waals surface area (Å²) in [5.74, 6) is -0.0139. The number of aromatic nitrogens is 1. The number of nitrogens with zero attached hydrogens (tertiary/aromatic N) is 2. The van der Waals surface area contributed by atoms with E-state index in [1.807, 2.05) is 32.0 Å². The first kappa shape index (κ1) is 9.71. The van der Waals surface area contributed by atoms with Crippen molar-refractivity contribution < 1.29 is 4.79 Å². The molecule has 1 aromatic rings. The molecule has 0 N–H and O–H groups in total. The molecule has 0 amide bonds. The second kappa shape index (κ2) is 4.03. The fourth-order valence-electron chi connectivity index (χ4n) is 1.07. The van der Waals surface area contributed by atoms with Crippen LogP contribution in [0, 0.1) is 0 Å². The summed E-state index contributed by atoms with van der Waals surface area (Å²) in [6.07, 6.45) is 1.73. The van der Waals surface area contributed by atoms with E-state index < -0.39 is 0 Å². The lowest BCUT2D eigenvalue weighted by Gasteiger charge is -2.02. The van der Waals surface area contributed by atoms with Crippen LogP contribution < -0.4 is 5.49 Å². The van der Waals surface area contributed by atoms with Gasteiger partial charge < -0.3 is 0 Å². The van der Waals surface area contributed by atoms with E-state index in [1.165, 1.54) is 6.92 Å². The average molecular weight is 178 g/mol. The predicted molar refractivity (Wildman–Crippen MR) is 51.4 cm³/mol. The van der Waals surface area contributed by atoms with Gasteiger partial charge in [0.2, 0.25) is 5.91 Å². The molecule has 70 valence electrons. The molecule has 0 aliphatic rings. The zero-order chi connectivity index (χ0) is 9.84. The van der Waals surface area contributed by atoms with Crippen LogP contribution in [0.2, 0.25) is 0 Å². The number of carbonyl (C=O) groups excluding carboxylic acids is 1. The number of rotatable bonds is 1. The Morgan fingerprint density at radius 2 is 2.15 bits per heavy atom. The van der Waals surface area contributed by atoms with Crippen LogP contribution in [0.25, 0.3) is 0 Å². The molecule has 0 aliphatic carbocycles. The maximum absolute atomic E-state index is 11.2. The van der Waals surface area contributed by atoms with E-state index in [0.29, 0.717) is 5.49 Å². The average Bonchev–Trinajstić information content (AvgIpc) is 2.03. The third-order valence-corrected chi connectivity index (χ3v) is 1.57. The van der Waals surface area contributed by atoms with Crippen LogP contribution in [0.15, 0.2) is 29.4 Å². The molecule has 0 aliphatic heterocycles. The van der Waals surface area contributed by atoms with E-state index in [4.69, 9.17) is 0 Å². The molecule has 0 saturated carbocycles. The van der Waals surface area contributed by atoms with Gasteiger partial charge in [-0.25, -0.2) is 0 Å². The Labute approximate surface area is 77.7 Å². The first-order valence-electron chi connectivity index (χ1n) is 4.33. The van der Waals surface area contributed by atoms with Gasteiger partial charge in [-0.1, -0.05) is 6.07 Å². The van der Waals surface area contributed by atoms with Crippen molar-refractivity contribution in [3.8, 4) is 0 Å². The van der Waals surface area contributed by atoms with E-state index in [1.54, 1.807) is 10.8 Å². The summed E-state index contributed by atoms with van der Waals surface area (Å²) >= 11 is 0. The number of hydrogen-bond acceptors (Lipinski definition) is 2. The molecule has 1 heterocycles. The Morgan fingerprint density at radius 1 is 1.46 bits per heavy atom. The van der Waals surface area contributed by atoms with E-state index in [-0.39, 0.29) is 11.9 Å². The predicted octanol–water partition coefficient (Wildman–Crippen LogP) is 1.46. The van der Waals surface area contributed by atoms with Crippen molar-refractivity contribution in [3.63, 3.8) is 0 Å². The Kier molecular flexibility index (Phi) is 3.01. The van der Waals surface area contributed by atoms with Crippen LogP contribution in [-0.4, -0.2) is 16.5 Å². The van der Waals surface area contributed by atoms with E-state index in [2.05, 4.69) is 4.99 Å². The zero-order valence-corrected chi connectivity index (χ0v) is 8.19. The summed E-state index contributed by atoms with van der Waals surface area (Å²) in [6.45, 7) is 5.49. The Morgan fingerprint density at radius 3 is 2.69 bits per heavy atom. The molecule has 3 nitrogen and oxygen atoms in total. The van der Waals surface area contributed by atoms with Crippen molar-refractivity contribution in [2.75, 3.05) is 0 Å². The van der Waals surface area contributed by atoms with Crippen LogP contribution in [0.5, 0.6) is 0 Å². The van der Waals surface area contributed by atoms with Gasteiger partial charge >= 0.3 is 0 Å². The molecule has 0 radical (unpaired) electrons. The van der Waals surface area contributed by atoms with Gasteiger partial charge in [0.15, 0.2) is 0 Å². The van der Waals surface area contributed by atoms with Crippen LogP contribution in [0.3, 0.4) is 0 Å². The monoisotopic (exact) mass is 178 g/mol. The maximum atomic E-state index is 11.2. The molecule has 0 fully saturated rings. The summed E-state index contributed by atoms with van der Waals surface area (Å²) in [7, 11) is 0. The quantitative estimate of drug-likeness (QED) is 0.641. The van der Waals surface area contributed by atoms with Gasteiger partial charge in [-0.2, -0.15) is 0 Å². The topological polar surface area (TPSA) is 34.4 Å². The molecule has 13 heavy (non-hydrogen) atoms. The first-order valence-corrected chi connectivity index (χ1v) is 4.33. The lowest BCUT2D eigenvalue weighted by Crippen LogP contribution is -2.25. The van der Waals surface area contributed by atoms with Gasteiger partial charge in [-0.05, 0) is 26.0 Å². The van der Waals surface area contributed by atoms with Gasteiger partial charge in [-0.15, -0.1) is 0 Å². The van der Waals surface area contributed by atoms with E-state index in [0.717, 1.165) is 0 Å². The van der Waals surface area contributed by atoms with Crippen LogP contribution >= 0.6 is 0 Å². The molecule has 3 heteroatoms. The minimum atomic E-state index is -0.0139. The van der Waals surface area contributed by atoms with Crippen molar-refractivity contribution in [3.05, 3.63) is 29.9 Å². The lowest BCUT2D eigenvalue weighted by molar-refractivity contribution is 0.0931. The minimum Gasteiger partial charge on any atom is -0.274 e. The van der Waals surface area contributed by atoms with E-state index >= 15 is 0 Å². The minimum absolute atomic E-state index is 0.0139. The summed E-state index contributed by atoms with van der Waals surface area (Å²) in [5, 5.41) is 0. The Hall–Kier alpha value is -1.38. The normalized spacial score (nSPS) is 12.2. The Bertz CT molecular complexity index is 363. The van der Waals surface area contributed by atoms with Crippen molar-refractivity contribution in [1.82, 2.24) is 4.57 Å². The molecule has 0 saturated heterocycles. The third-order valence-electron chi connectivity index (χ3n) is 1.57. The van der Waals surface area contributed by atoms with Gasteiger partial charge in [0.05, 0.1) is 0 Å². The Balaban J connectivity index is 3.28. The van der Waals surface area contributed by atoms with Crippen molar-refractivity contribution in [2.45, 2.75) is 26.8 Å². The van der Waals surface area contributed by atoms with Crippen molar-refractivity contribution in [1.29, 1.82) is 0 Å². The largest absolute Gasteiger partial charge is 0.274 e. The number of pyridine rings is 1. The summed E-state index contributed by atoms with van der Waals surface area (Å²) in [5.41, 5.74) is 0.713. The highest BCUT2D eigenvalue weighted by molar-refractivity contribution is 5.75. The third kappa shape index (κ3) is 2.54. The molecule has 0 spiro atoms. The van der Waals surface area contributed by atoms with Crippen LogP contribution in [0.1, 0.15) is 25.6 Å². The fourth-order valence-corrected chi connectivity index (χ4v) is 1.07. The first-order chi connectivity index (χ1) is 6.11. The zero-order valence-electron chi connectivity index (χ0n) is 8.19. The highest BCUT2D eigenvalue weighted by Gasteiger charge is 1.96. The molecular weight excluding hydrogens is 164 g/mol. The standard InChI is InChI=1S/C10H14N2O/c1-8(2)11-10-6-4-5-7-12(10)9(3)13/h4-8H,1-3H3. The summed E-state index contributed by atoms with van der Waals surface area (Å²) < 4.78 is 1.54. The molecule has 1 rings (SSSR count). The number of carbonyl (C=O) groups is 1. The summed E-state index contributed by atoms with van der Waals surface area (Å²) in [4.78, 5) is 15.5. The highest BCUT2D eigenvalue weighted by Crippen LogP contribution is 1.86. The molecule has 0 bridgehead atoms. The second-order valence-corrected chi connectivity index (χ2v) is 3.17. The van der Waals surface area contributed by atoms with Crippen LogP contribution in [0.4, 0.5) is 0 Å². The lowest BCUT2D eigenvalue weighted by atomic mass is 10.4. The second-order valence-electron chi connectivity index (χ2n) is 3.17. The van der Waals surface area contributed by atoms with E-state index in [9.17, 15) is 4.79 Å². The molecule has 0 unspecified atom stereocenters. The SMILES string of the molecule is CC(=O)n1ccccc1=NC(C)C. The van der Waals surface area contributed by atoms with Crippen LogP contribution in [-0.2, 0) is 0 Å². The van der Waals surface area contributed by atoms with Gasteiger partial charge in [0, 0.05) is 19.2 Å². The van der Waals surface area contributed by atoms with Gasteiger partial charge in [0.25, 0.3) is 0 Å². The highest BCUT2D eigenvalue weighted by atomic mass is 16.1. The van der Waals surface area contributed by atoms with Gasteiger partial charge in [0.1, 0.15) is 5.49 Å². The number of hydrogen-bond donors (Lipinski definition) is 0. The maximum Gasteiger partial charge on any atom is 0.229 e. The molecular formula is C10H14N2O. The van der Waals surface area contributed by atoms with Crippen molar-refractivity contribution >= 4 is 5.91 Å². The van der Waals surface area contributed by atoms with Crippen molar-refractivity contribution in [2.24, 2.45) is 4.99 Å².